The highest BCUT2D eigenvalue weighted by atomic mass is 32.2. The Bertz CT molecular complexity index is 981. The number of nitrogens with zero attached hydrogens (tertiary/aromatic N) is 2. The van der Waals surface area contributed by atoms with E-state index >= 15 is 0 Å². The molecule has 0 saturated carbocycles. The van der Waals surface area contributed by atoms with Crippen LogP contribution in [0.4, 0.5) is 4.39 Å². The molecule has 0 spiro atoms. The summed E-state index contributed by atoms with van der Waals surface area (Å²) in [4.78, 5) is 29.7. The second kappa shape index (κ2) is 6.74. The van der Waals surface area contributed by atoms with Gasteiger partial charge >= 0.3 is 0 Å². The average molecular weight is 364 g/mol. The summed E-state index contributed by atoms with van der Waals surface area (Å²) in [5, 5.41) is 2.81. The summed E-state index contributed by atoms with van der Waals surface area (Å²) >= 11 is 2.51. The zero-order valence-corrected chi connectivity index (χ0v) is 14.5. The molecule has 8 heteroatoms. The fourth-order valence-corrected chi connectivity index (χ4v) is 3.88. The van der Waals surface area contributed by atoms with E-state index in [0.717, 1.165) is 17.8 Å². The third kappa shape index (κ3) is 3.07. The summed E-state index contributed by atoms with van der Waals surface area (Å²) in [5.74, 6) is -0.458. The maximum Gasteiger partial charge on any atom is 0.262 e. The van der Waals surface area contributed by atoms with E-state index in [1.165, 1.54) is 35.1 Å². The van der Waals surface area contributed by atoms with E-state index in [2.05, 4.69) is 4.98 Å². The highest BCUT2D eigenvalue weighted by Gasteiger charge is 2.16. The van der Waals surface area contributed by atoms with Crippen molar-refractivity contribution >= 4 is 39.1 Å². The molecule has 3 aromatic rings. The number of Topliss-reactive ketones (excluding diaryl/α,β-unsaturated/α-hetero) is 1. The Morgan fingerprint density at radius 2 is 2.21 bits per heavy atom. The van der Waals surface area contributed by atoms with Crippen LogP contribution in [-0.4, -0.2) is 28.2 Å². The largest absolute Gasteiger partial charge is 0.496 e. The molecule has 0 aliphatic heterocycles. The quantitative estimate of drug-likeness (QED) is 0.395. The fraction of sp³-hybridized carbons (Fsp3) is 0.188. The van der Waals surface area contributed by atoms with Crippen LogP contribution in [0.5, 0.6) is 5.75 Å². The van der Waals surface area contributed by atoms with Gasteiger partial charge in [0.05, 0.1) is 23.8 Å². The topological polar surface area (TPSA) is 61.2 Å². The molecule has 0 fully saturated rings. The normalized spacial score (nSPS) is 11.0. The lowest BCUT2D eigenvalue weighted by Crippen LogP contribution is -2.19. The molecule has 0 aliphatic rings. The lowest BCUT2D eigenvalue weighted by molar-refractivity contribution is 0.101. The molecule has 2 aromatic heterocycles. The number of hydrogen-bond donors (Lipinski definition) is 0. The summed E-state index contributed by atoms with van der Waals surface area (Å²) in [7, 11) is 3.04. The lowest BCUT2D eigenvalue weighted by Gasteiger charge is -2.09. The molecule has 0 radical (unpaired) electrons. The molecule has 1 aromatic carbocycles. The van der Waals surface area contributed by atoms with Crippen LogP contribution in [0.15, 0.2) is 39.6 Å². The predicted octanol–water partition coefficient (Wildman–Crippen LogP) is 3.12. The molecule has 0 atom stereocenters. The number of rotatable bonds is 5. The van der Waals surface area contributed by atoms with Gasteiger partial charge in [0.2, 0.25) is 0 Å². The summed E-state index contributed by atoms with van der Waals surface area (Å²) in [6, 6.07) is 5.53. The number of methoxy groups -OCH3 is 1. The second-order valence-corrected chi connectivity index (χ2v) is 6.79. The molecule has 124 valence electrons. The molecule has 5 nitrogen and oxygen atoms in total. The first kappa shape index (κ1) is 16.7. The second-order valence-electron chi connectivity index (χ2n) is 4.95. The van der Waals surface area contributed by atoms with Gasteiger partial charge in [0.25, 0.3) is 5.56 Å². The monoisotopic (exact) mass is 364 g/mol. The Labute approximate surface area is 145 Å². The number of fused-ring (bicyclic) bond motifs is 1. The molecule has 2 heterocycles. The van der Waals surface area contributed by atoms with Gasteiger partial charge in [-0.2, -0.15) is 0 Å². The average Bonchev–Trinajstić information content (AvgIpc) is 3.05. The minimum absolute atomic E-state index is 0.0248. The van der Waals surface area contributed by atoms with Gasteiger partial charge in [-0.25, -0.2) is 9.37 Å². The van der Waals surface area contributed by atoms with Crippen molar-refractivity contribution in [2.75, 3.05) is 12.9 Å². The van der Waals surface area contributed by atoms with Gasteiger partial charge in [-0.15, -0.1) is 11.3 Å². The number of benzene rings is 1. The van der Waals surface area contributed by atoms with Crippen LogP contribution in [0.1, 0.15) is 10.4 Å². The number of carbonyl (C=O) groups is 1. The zero-order chi connectivity index (χ0) is 17.3. The van der Waals surface area contributed by atoms with Gasteiger partial charge in [-0.3, -0.25) is 14.2 Å². The third-order valence-corrected chi connectivity index (χ3v) is 5.29. The minimum Gasteiger partial charge on any atom is -0.496 e. The molecule has 0 saturated heterocycles. The van der Waals surface area contributed by atoms with Crippen LogP contribution >= 0.6 is 23.1 Å². The third-order valence-electron chi connectivity index (χ3n) is 3.46. The molecule has 0 N–H and O–H groups in total. The van der Waals surface area contributed by atoms with Crippen molar-refractivity contribution < 1.29 is 13.9 Å². The van der Waals surface area contributed by atoms with Gasteiger partial charge in [0.1, 0.15) is 16.4 Å². The summed E-state index contributed by atoms with van der Waals surface area (Å²) in [6.45, 7) is 0. The maximum atomic E-state index is 13.4. The first-order valence-corrected chi connectivity index (χ1v) is 8.81. The number of carbonyl (C=O) groups excluding carboxylic acids is 1. The molecular weight excluding hydrogens is 351 g/mol. The van der Waals surface area contributed by atoms with Crippen molar-refractivity contribution in [1.82, 2.24) is 9.55 Å². The van der Waals surface area contributed by atoms with E-state index in [4.69, 9.17) is 4.74 Å². The summed E-state index contributed by atoms with van der Waals surface area (Å²) in [5.41, 5.74) is 0.0201. The van der Waals surface area contributed by atoms with Gasteiger partial charge in [0, 0.05) is 7.05 Å². The van der Waals surface area contributed by atoms with Gasteiger partial charge in [0.15, 0.2) is 10.9 Å². The molecule has 0 aliphatic carbocycles. The Morgan fingerprint density at radius 1 is 1.42 bits per heavy atom. The van der Waals surface area contributed by atoms with Crippen LogP contribution in [-0.2, 0) is 7.05 Å². The first-order chi connectivity index (χ1) is 11.5. The van der Waals surface area contributed by atoms with Gasteiger partial charge in [-0.1, -0.05) is 11.8 Å². The molecule has 3 rings (SSSR count). The Balaban J connectivity index is 1.86. The van der Waals surface area contributed by atoms with Crippen LogP contribution < -0.4 is 10.3 Å². The van der Waals surface area contributed by atoms with Crippen LogP contribution in [0.3, 0.4) is 0 Å². The van der Waals surface area contributed by atoms with Crippen LogP contribution in [0.2, 0.25) is 0 Å². The number of thioether (sulfide) groups is 1. The van der Waals surface area contributed by atoms with Crippen molar-refractivity contribution in [1.29, 1.82) is 0 Å². The summed E-state index contributed by atoms with van der Waals surface area (Å²) in [6.07, 6.45) is 0. The maximum absolute atomic E-state index is 13.4. The van der Waals surface area contributed by atoms with Crippen molar-refractivity contribution in [2.24, 2.45) is 7.05 Å². The Kier molecular flexibility index (Phi) is 4.68. The molecule has 0 bridgehead atoms. The van der Waals surface area contributed by atoms with E-state index in [1.54, 1.807) is 18.5 Å². The zero-order valence-electron chi connectivity index (χ0n) is 12.9. The van der Waals surface area contributed by atoms with Gasteiger partial charge in [-0.05, 0) is 29.6 Å². The molecule has 24 heavy (non-hydrogen) atoms. The standard InChI is InChI=1S/C16H13FN2O3S2/c1-19-15(21)10-5-6-23-14(10)18-16(19)24-8-12(20)11-7-9(17)3-4-13(11)22-2/h3-7H,8H2,1-2H3. The van der Waals surface area contributed by atoms with Crippen molar-refractivity contribution in [3.8, 4) is 5.75 Å². The highest BCUT2D eigenvalue weighted by Crippen LogP contribution is 2.24. The SMILES string of the molecule is COc1ccc(F)cc1C(=O)CSc1nc2sccc2c(=O)n1C. The van der Waals surface area contributed by atoms with E-state index in [-0.39, 0.29) is 22.7 Å². The van der Waals surface area contributed by atoms with Gasteiger partial charge < -0.3 is 4.74 Å². The first-order valence-electron chi connectivity index (χ1n) is 6.95. The molecule has 0 unspecified atom stereocenters. The van der Waals surface area contributed by atoms with E-state index in [0.29, 0.717) is 21.1 Å². The summed E-state index contributed by atoms with van der Waals surface area (Å²) < 4.78 is 19.9. The molecular formula is C16H13FN2O3S2. The minimum atomic E-state index is -0.505. The highest BCUT2D eigenvalue weighted by molar-refractivity contribution is 7.99. The van der Waals surface area contributed by atoms with Crippen LogP contribution in [0, 0.1) is 5.82 Å². The Hall–Kier alpha value is -2.19. The lowest BCUT2D eigenvalue weighted by atomic mass is 10.1. The van der Waals surface area contributed by atoms with Crippen molar-refractivity contribution in [3.63, 3.8) is 0 Å². The van der Waals surface area contributed by atoms with Crippen molar-refractivity contribution in [2.45, 2.75) is 5.16 Å². The smallest absolute Gasteiger partial charge is 0.262 e. The Morgan fingerprint density at radius 3 is 2.96 bits per heavy atom. The number of aromatic nitrogens is 2. The fourth-order valence-electron chi connectivity index (χ4n) is 2.22. The van der Waals surface area contributed by atoms with E-state index < -0.39 is 5.82 Å². The molecule has 0 amide bonds. The van der Waals surface area contributed by atoms with E-state index in [9.17, 15) is 14.0 Å². The van der Waals surface area contributed by atoms with Crippen LogP contribution in [0.25, 0.3) is 10.2 Å². The number of ether oxygens (including phenoxy) is 1. The number of halogens is 1. The van der Waals surface area contributed by atoms with Crippen molar-refractivity contribution in [3.05, 3.63) is 51.4 Å². The number of thiophene rings is 1. The number of hydrogen-bond acceptors (Lipinski definition) is 6. The predicted molar refractivity (Wildman–Crippen MR) is 92.9 cm³/mol. The van der Waals surface area contributed by atoms with E-state index in [1.807, 2.05) is 0 Å². The number of ketones is 1.